The van der Waals surface area contributed by atoms with Crippen LogP contribution in [0.2, 0.25) is 0 Å². The van der Waals surface area contributed by atoms with Gasteiger partial charge in [-0.3, -0.25) is 4.90 Å². The molecule has 3 aromatic rings. The van der Waals surface area contributed by atoms with Crippen molar-refractivity contribution in [3.05, 3.63) is 52.4 Å². The van der Waals surface area contributed by atoms with Gasteiger partial charge in [0.1, 0.15) is 0 Å². The number of likely N-dealkylation sites (N-methyl/N-ethyl adjacent to an activating group) is 1. The third-order valence-corrected chi connectivity index (χ3v) is 8.37. The van der Waals surface area contributed by atoms with Gasteiger partial charge in [-0.2, -0.15) is 0 Å². The van der Waals surface area contributed by atoms with E-state index in [1.165, 1.54) is 30.8 Å². The zero-order valence-corrected chi connectivity index (χ0v) is 23.0. The fourth-order valence-electron chi connectivity index (χ4n) is 4.56. The van der Waals surface area contributed by atoms with Gasteiger partial charge in [0, 0.05) is 5.54 Å². The van der Waals surface area contributed by atoms with E-state index < -0.39 is 0 Å². The van der Waals surface area contributed by atoms with Crippen LogP contribution >= 0.6 is 11.5 Å². The van der Waals surface area contributed by atoms with Crippen molar-refractivity contribution in [3.8, 4) is 0 Å². The van der Waals surface area contributed by atoms with Gasteiger partial charge in [0.15, 0.2) is 0 Å². The Balaban J connectivity index is 1.52. The van der Waals surface area contributed by atoms with Crippen molar-refractivity contribution in [1.29, 1.82) is 0 Å². The number of anilines is 2. The van der Waals surface area contributed by atoms with Crippen LogP contribution in [-0.2, 0) is 6.54 Å². The van der Waals surface area contributed by atoms with Crippen molar-refractivity contribution in [2.24, 2.45) is 0 Å². The van der Waals surface area contributed by atoms with Gasteiger partial charge >= 0.3 is 155 Å². The van der Waals surface area contributed by atoms with Crippen LogP contribution in [0.15, 0.2) is 35.3 Å². The van der Waals surface area contributed by atoms with Crippen molar-refractivity contribution < 1.29 is 26.6 Å². The van der Waals surface area contributed by atoms with E-state index in [1.807, 2.05) is 29.6 Å². The number of allylic oxidation sites excluding steroid dienone is 1. The van der Waals surface area contributed by atoms with Crippen LogP contribution in [0.3, 0.4) is 0 Å². The molecule has 1 fully saturated rings. The van der Waals surface area contributed by atoms with E-state index in [-0.39, 0.29) is 33.6 Å². The summed E-state index contributed by atoms with van der Waals surface area (Å²) in [5.41, 5.74) is 4.68. The molecule has 0 aromatic carbocycles. The summed E-state index contributed by atoms with van der Waals surface area (Å²) in [6.45, 7) is 8.76. The number of imidazole rings is 1. The molecule has 10 heteroatoms. The predicted octanol–water partition coefficient (Wildman–Crippen LogP) is 1.46. The molecule has 1 aliphatic rings. The van der Waals surface area contributed by atoms with Crippen molar-refractivity contribution >= 4 is 33.6 Å². The van der Waals surface area contributed by atoms with Gasteiger partial charge in [-0.15, -0.1) is 0 Å². The van der Waals surface area contributed by atoms with E-state index in [9.17, 15) is 5.11 Å². The molecule has 3 aromatic heterocycles. The number of aliphatic hydroxyl groups is 1. The Morgan fingerprint density at radius 3 is 2.91 bits per heavy atom. The van der Waals surface area contributed by atoms with Crippen molar-refractivity contribution in [2.45, 2.75) is 58.0 Å². The fourth-order valence-corrected chi connectivity index (χ4v) is 6.12. The molecule has 0 atom stereocenters. The van der Waals surface area contributed by atoms with E-state index in [0.29, 0.717) is 12.4 Å². The molecule has 8 nitrogen and oxygen atoms in total. The van der Waals surface area contributed by atoms with Crippen LogP contribution in [0, 0.1) is 6.92 Å². The van der Waals surface area contributed by atoms with Crippen molar-refractivity contribution in [2.75, 3.05) is 19.0 Å². The first-order chi connectivity index (χ1) is 16.5. The normalized spacial score (nSPS) is 16.3. The molecule has 3 N–H and O–H groups in total. The molecule has 1 aliphatic carbocycles. The molecule has 0 bridgehead atoms. The third-order valence-electron chi connectivity index (χ3n) is 6.52. The minimum atomic E-state index is -0.227. The Kier molecular flexibility index (Phi) is 8.22. The second kappa shape index (κ2) is 11.1. The number of aliphatic hydroxyl groups excluding tert-OH is 1. The van der Waals surface area contributed by atoms with Gasteiger partial charge in [-0.25, -0.2) is 0 Å². The molecule has 4 rings (SSSR count). The van der Waals surface area contributed by atoms with Crippen LogP contribution in [0.1, 0.15) is 56.1 Å². The molecule has 184 valence electrons. The third kappa shape index (κ3) is 5.45. The zero-order chi connectivity index (χ0) is 24.1. The predicted molar refractivity (Wildman–Crippen MR) is 134 cm³/mol. The number of aromatic nitrogens is 4. The monoisotopic (exact) mass is 594 g/mol. The van der Waals surface area contributed by atoms with Gasteiger partial charge in [-0.05, 0) is 19.9 Å². The number of fused-ring (bicyclic) bond motifs is 1. The quantitative estimate of drug-likeness (QED) is 0.186. The Hall–Kier alpha value is -2.02. The summed E-state index contributed by atoms with van der Waals surface area (Å²) < 4.78 is 12.0. The summed E-state index contributed by atoms with van der Waals surface area (Å²) in [7, 11) is 2.10. The van der Waals surface area contributed by atoms with Crippen LogP contribution in [0.25, 0.3) is 11.2 Å². The fraction of sp³-hybridized carbons (Fsp3) is 0.458. The molecule has 3 heterocycles. The van der Waals surface area contributed by atoms with Crippen molar-refractivity contribution in [3.63, 3.8) is 0 Å². The van der Waals surface area contributed by atoms with Gasteiger partial charge in [0.05, 0.1) is 6.61 Å². The minimum absolute atomic E-state index is 0.125. The Bertz CT molecular complexity index is 1170. The number of halogens is 1. The maximum atomic E-state index is 10.1. The second-order valence-corrected chi connectivity index (χ2v) is 11.8. The molecule has 0 unspecified atom stereocenters. The Labute approximate surface area is 216 Å². The number of nitrogens with one attached hydrogen (secondary N) is 2. The summed E-state index contributed by atoms with van der Waals surface area (Å²) in [6, 6.07) is 2.08. The molecule has 0 saturated heterocycles. The van der Waals surface area contributed by atoms with Gasteiger partial charge in [0.2, 0.25) is 0 Å². The van der Waals surface area contributed by atoms with Crippen LogP contribution in [0.4, 0.5) is 10.8 Å². The topological polar surface area (TPSA) is 90.6 Å². The average Bonchev–Trinajstić information content (AvgIpc) is 3.46. The van der Waals surface area contributed by atoms with Gasteiger partial charge in [0.25, 0.3) is 0 Å². The molecule has 1 saturated carbocycles. The summed E-state index contributed by atoms with van der Waals surface area (Å²) in [6.07, 6.45) is 11.6. The first kappa shape index (κ1) is 25.1. The average molecular weight is 595 g/mol. The summed E-state index contributed by atoms with van der Waals surface area (Å²) in [5, 5.41) is 14.5. The van der Waals surface area contributed by atoms with E-state index >= 15 is 0 Å². The second-order valence-electron chi connectivity index (χ2n) is 8.87. The van der Waals surface area contributed by atoms with E-state index in [4.69, 9.17) is 4.98 Å². The molecule has 0 spiro atoms. The number of hydrogen-bond acceptors (Lipinski definition) is 8. The molecule has 0 amide bonds. The number of rotatable bonds is 10. The van der Waals surface area contributed by atoms with Crippen LogP contribution in [-0.4, -0.2) is 47.9 Å². The molecule has 0 aliphatic heterocycles. The number of hydrogen-bond donors (Lipinski definition) is 3. The molecule has 0 radical (unpaired) electrons. The summed E-state index contributed by atoms with van der Waals surface area (Å²) in [4.78, 5) is 11.6. The SMILES string of the molecule is C=C[I-]N/C=C(\C)c1cnc2c(Nc3cc(CN(C)C4(CO)CCCCC4)ns3)nc(C)cn12. The standard InChI is InChI=1S/C24H33IN7OS/c1-5-25-27-12-17(2)20-13-26-23-22(28-18(3)14-32(20)23)29-21-11-19(30-34-21)15-31(4)24(16-33)9-7-6-8-10-24/h5,11-14,27,33H,1,6-10,15-16H2,2-4H3,(H,28,29)/q-1/b17-12+. The first-order valence-electron chi connectivity index (χ1n) is 11.5. The summed E-state index contributed by atoms with van der Waals surface area (Å²) >= 11 is 1.20. The van der Waals surface area contributed by atoms with E-state index in [2.05, 4.69) is 54.1 Å². The van der Waals surface area contributed by atoms with E-state index in [1.54, 1.807) is 0 Å². The Morgan fingerprint density at radius 1 is 1.38 bits per heavy atom. The zero-order valence-electron chi connectivity index (χ0n) is 20.0. The van der Waals surface area contributed by atoms with Gasteiger partial charge in [-0.1, -0.05) is 19.3 Å². The number of nitrogens with zero attached hydrogens (tertiary/aromatic N) is 5. The van der Waals surface area contributed by atoms with Gasteiger partial charge < -0.3 is 5.11 Å². The molecular weight excluding hydrogens is 561 g/mol. The first-order valence-corrected chi connectivity index (χ1v) is 14.6. The summed E-state index contributed by atoms with van der Waals surface area (Å²) in [5.74, 6) is 0.716. The Morgan fingerprint density at radius 2 is 2.18 bits per heavy atom. The molecule has 34 heavy (non-hydrogen) atoms. The van der Waals surface area contributed by atoms with Crippen LogP contribution < -0.4 is 30.3 Å². The van der Waals surface area contributed by atoms with E-state index in [0.717, 1.165) is 46.1 Å². The molecular formula is C24H33IN7OS-. The van der Waals surface area contributed by atoms with Crippen LogP contribution in [0.5, 0.6) is 0 Å². The maximum absolute atomic E-state index is 10.1. The number of aryl methyl sites for hydroxylation is 1. The van der Waals surface area contributed by atoms with Crippen molar-refractivity contribution in [1.82, 2.24) is 27.2 Å².